The summed E-state index contributed by atoms with van der Waals surface area (Å²) in [6.45, 7) is 1.60. The maximum atomic E-state index is 13.5. The molecule has 0 aliphatic heterocycles. The predicted molar refractivity (Wildman–Crippen MR) is 69.8 cm³/mol. The molecule has 0 aliphatic rings. The molecule has 0 saturated carbocycles. The van der Waals surface area contributed by atoms with Gasteiger partial charge < -0.3 is 4.42 Å². The van der Waals surface area contributed by atoms with E-state index in [0.717, 1.165) is 6.07 Å². The first-order valence-electron chi connectivity index (χ1n) is 5.59. The largest absolute Gasteiger partial charge is 0.469 e. The summed E-state index contributed by atoms with van der Waals surface area (Å²) >= 11 is 5.74. The van der Waals surface area contributed by atoms with Crippen LogP contribution in [0.25, 0.3) is 0 Å². The number of aryl methyl sites for hydroxylation is 1. The van der Waals surface area contributed by atoms with Crippen LogP contribution < -0.4 is 10.9 Å². The summed E-state index contributed by atoms with van der Waals surface area (Å²) in [6, 6.07) is 5.30. The molecule has 0 spiro atoms. The SMILES string of the molecule is Cc1occc1C(=O)NNC(=O)c1c(F)cccc1Cl. The number of nitrogens with one attached hydrogen (secondary N) is 2. The third kappa shape index (κ3) is 2.80. The van der Waals surface area contributed by atoms with Crippen molar-refractivity contribution in [3.63, 3.8) is 0 Å². The summed E-state index contributed by atoms with van der Waals surface area (Å²) in [4.78, 5) is 23.5. The fourth-order valence-corrected chi connectivity index (χ4v) is 1.83. The molecule has 2 N–H and O–H groups in total. The first-order chi connectivity index (χ1) is 9.50. The second-order valence-corrected chi connectivity index (χ2v) is 4.30. The zero-order valence-corrected chi connectivity index (χ0v) is 11.1. The third-order valence-electron chi connectivity index (χ3n) is 2.58. The molecule has 1 aromatic carbocycles. The van der Waals surface area contributed by atoms with Crippen LogP contribution in [-0.2, 0) is 0 Å². The molecule has 0 saturated heterocycles. The first kappa shape index (κ1) is 14.1. The summed E-state index contributed by atoms with van der Waals surface area (Å²) in [5.74, 6) is -1.79. The van der Waals surface area contributed by atoms with E-state index in [1.165, 1.54) is 24.5 Å². The number of halogens is 2. The minimum absolute atomic E-state index is 0.0451. The Hall–Kier alpha value is -2.34. The maximum absolute atomic E-state index is 13.5. The number of furan rings is 1. The first-order valence-corrected chi connectivity index (χ1v) is 5.97. The Balaban J connectivity index is 2.06. The highest BCUT2D eigenvalue weighted by Crippen LogP contribution is 2.18. The Morgan fingerprint density at radius 3 is 2.50 bits per heavy atom. The number of carbonyl (C=O) groups excluding carboxylic acids is 2. The lowest BCUT2D eigenvalue weighted by Gasteiger charge is -2.08. The molecule has 0 aliphatic carbocycles. The Morgan fingerprint density at radius 1 is 1.20 bits per heavy atom. The second kappa shape index (κ2) is 5.75. The number of hydrogen-bond donors (Lipinski definition) is 2. The number of hydrogen-bond acceptors (Lipinski definition) is 3. The molecule has 104 valence electrons. The van der Waals surface area contributed by atoms with Crippen LogP contribution in [0.4, 0.5) is 4.39 Å². The summed E-state index contributed by atoms with van der Waals surface area (Å²) in [5.41, 5.74) is 4.18. The van der Waals surface area contributed by atoms with Crippen molar-refractivity contribution in [3.8, 4) is 0 Å². The summed E-state index contributed by atoms with van der Waals surface area (Å²) in [6.07, 6.45) is 1.35. The fraction of sp³-hybridized carbons (Fsp3) is 0.0769. The quantitative estimate of drug-likeness (QED) is 0.836. The van der Waals surface area contributed by atoms with Gasteiger partial charge in [-0.3, -0.25) is 20.4 Å². The molecule has 1 heterocycles. The normalized spacial score (nSPS) is 10.2. The summed E-state index contributed by atoms with van der Waals surface area (Å²) in [7, 11) is 0. The Bertz CT molecular complexity index is 649. The number of rotatable bonds is 2. The maximum Gasteiger partial charge on any atom is 0.274 e. The van der Waals surface area contributed by atoms with Gasteiger partial charge in [0.15, 0.2) is 0 Å². The van der Waals surface area contributed by atoms with E-state index < -0.39 is 17.6 Å². The van der Waals surface area contributed by atoms with Gasteiger partial charge in [-0.1, -0.05) is 17.7 Å². The highest BCUT2D eigenvalue weighted by Gasteiger charge is 2.17. The molecular weight excluding hydrogens is 287 g/mol. The lowest BCUT2D eigenvalue weighted by molar-refractivity contribution is 0.0843. The van der Waals surface area contributed by atoms with Gasteiger partial charge in [-0.05, 0) is 25.1 Å². The summed E-state index contributed by atoms with van der Waals surface area (Å²) in [5, 5.41) is -0.0451. The highest BCUT2D eigenvalue weighted by atomic mass is 35.5. The van der Waals surface area contributed by atoms with Gasteiger partial charge in [-0.25, -0.2) is 4.39 Å². The molecule has 0 unspecified atom stereocenters. The Morgan fingerprint density at radius 2 is 1.90 bits per heavy atom. The van der Waals surface area contributed by atoms with Crippen molar-refractivity contribution in [1.29, 1.82) is 0 Å². The molecule has 0 radical (unpaired) electrons. The van der Waals surface area contributed by atoms with E-state index in [-0.39, 0.29) is 16.1 Å². The molecule has 5 nitrogen and oxygen atoms in total. The van der Waals surface area contributed by atoms with Gasteiger partial charge in [0.2, 0.25) is 0 Å². The van der Waals surface area contributed by atoms with Crippen molar-refractivity contribution in [2.24, 2.45) is 0 Å². The molecule has 20 heavy (non-hydrogen) atoms. The molecule has 2 amide bonds. The lowest BCUT2D eigenvalue weighted by atomic mass is 10.2. The van der Waals surface area contributed by atoms with Gasteiger partial charge >= 0.3 is 0 Å². The van der Waals surface area contributed by atoms with Crippen LogP contribution in [0.3, 0.4) is 0 Å². The van der Waals surface area contributed by atoms with Crippen molar-refractivity contribution >= 4 is 23.4 Å². The Labute approximate surface area is 118 Å². The van der Waals surface area contributed by atoms with Crippen molar-refractivity contribution in [1.82, 2.24) is 10.9 Å². The van der Waals surface area contributed by atoms with E-state index in [4.69, 9.17) is 16.0 Å². The minimum Gasteiger partial charge on any atom is -0.469 e. The topological polar surface area (TPSA) is 71.3 Å². The van der Waals surface area contributed by atoms with Gasteiger partial charge in [0, 0.05) is 0 Å². The third-order valence-corrected chi connectivity index (χ3v) is 2.90. The average molecular weight is 297 g/mol. The van der Waals surface area contributed by atoms with E-state index >= 15 is 0 Å². The van der Waals surface area contributed by atoms with Crippen molar-refractivity contribution in [2.45, 2.75) is 6.92 Å². The number of benzene rings is 1. The van der Waals surface area contributed by atoms with Crippen molar-refractivity contribution < 1.29 is 18.4 Å². The molecule has 2 aromatic rings. The van der Waals surface area contributed by atoms with Gasteiger partial charge in [0.25, 0.3) is 11.8 Å². The van der Waals surface area contributed by atoms with Crippen molar-refractivity contribution in [2.75, 3.05) is 0 Å². The lowest BCUT2D eigenvalue weighted by Crippen LogP contribution is -2.42. The van der Waals surface area contributed by atoms with Gasteiger partial charge in [0.05, 0.1) is 22.4 Å². The number of amides is 2. The van der Waals surface area contributed by atoms with E-state index in [9.17, 15) is 14.0 Å². The molecule has 1 aromatic heterocycles. The second-order valence-electron chi connectivity index (χ2n) is 3.90. The molecule has 0 fully saturated rings. The van der Waals surface area contributed by atoms with Crippen LogP contribution in [0.2, 0.25) is 5.02 Å². The van der Waals surface area contributed by atoms with Crippen LogP contribution >= 0.6 is 11.6 Å². The van der Waals surface area contributed by atoms with Gasteiger partial charge in [-0.15, -0.1) is 0 Å². The summed E-state index contributed by atoms with van der Waals surface area (Å²) < 4.78 is 18.5. The van der Waals surface area contributed by atoms with Crippen LogP contribution in [0.1, 0.15) is 26.5 Å². The van der Waals surface area contributed by atoms with Gasteiger partial charge in [-0.2, -0.15) is 0 Å². The minimum atomic E-state index is -0.845. The molecule has 0 bridgehead atoms. The standard InChI is InChI=1S/C13H10ClFN2O3/c1-7-8(5-6-20-7)12(18)16-17-13(19)11-9(14)3-2-4-10(11)15/h2-6H,1H3,(H,16,18)(H,17,19). The monoisotopic (exact) mass is 296 g/mol. The molecule has 2 rings (SSSR count). The zero-order valence-electron chi connectivity index (χ0n) is 10.4. The fourth-order valence-electron chi connectivity index (χ4n) is 1.58. The zero-order chi connectivity index (χ0) is 14.7. The predicted octanol–water partition coefficient (Wildman–Crippen LogP) is 2.46. The highest BCUT2D eigenvalue weighted by molar-refractivity contribution is 6.33. The molecule has 7 heteroatoms. The van der Waals surface area contributed by atoms with E-state index in [0.29, 0.717) is 5.76 Å². The van der Waals surface area contributed by atoms with Gasteiger partial charge in [0.1, 0.15) is 11.6 Å². The van der Waals surface area contributed by atoms with Crippen molar-refractivity contribution in [3.05, 3.63) is 58.3 Å². The molecular formula is C13H10ClFN2O3. The number of carbonyl (C=O) groups is 2. The van der Waals surface area contributed by atoms with E-state index in [2.05, 4.69) is 10.9 Å². The number of hydrazine groups is 1. The van der Waals surface area contributed by atoms with Crippen LogP contribution in [0.15, 0.2) is 34.9 Å². The van der Waals surface area contributed by atoms with E-state index in [1.807, 2.05) is 0 Å². The van der Waals surface area contributed by atoms with Crippen LogP contribution in [-0.4, -0.2) is 11.8 Å². The smallest absolute Gasteiger partial charge is 0.274 e. The molecule has 0 atom stereocenters. The Kier molecular flexibility index (Phi) is 4.05. The average Bonchev–Trinajstić information content (AvgIpc) is 2.82. The van der Waals surface area contributed by atoms with Crippen LogP contribution in [0, 0.1) is 12.7 Å². The van der Waals surface area contributed by atoms with E-state index in [1.54, 1.807) is 6.92 Å². The van der Waals surface area contributed by atoms with Crippen LogP contribution in [0.5, 0.6) is 0 Å².